The molecule has 8 aromatic rings. The van der Waals surface area contributed by atoms with Crippen molar-refractivity contribution in [1.82, 2.24) is 0 Å². The van der Waals surface area contributed by atoms with Gasteiger partial charge in [-0.2, -0.15) is 0 Å². The lowest BCUT2D eigenvalue weighted by Gasteiger charge is -2.29. The summed E-state index contributed by atoms with van der Waals surface area (Å²) in [6, 6.07) is 53.5. The zero-order valence-electron chi connectivity index (χ0n) is 31.9. The molecule has 1 heterocycles. The lowest BCUT2D eigenvalue weighted by Crippen LogP contribution is -2.17. The maximum Gasteiger partial charge on any atom is 0.135 e. The lowest BCUT2D eigenvalue weighted by atomic mass is 9.86. The summed E-state index contributed by atoms with van der Waals surface area (Å²) in [5.41, 5.74) is 14.5. The van der Waals surface area contributed by atoms with Crippen molar-refractivity contribution in [3.05, 3.63) is 205 Å². The van der Waals surface area contributed by atoms with Gasteiger partial charge < -0.3 is 9.32 Å². The third kappa shape index (κ3) is 5.72. The number of hydrogen-bond donors (Lipinski definition) is 0. The van der Waals surface area contributed by atoms with Gasteiger partial charge in [0.1, 0.15) is 11.3 Å². The van der Waals surface area contributed by atoms with Crippen molar-refractivity contribution in [3.8, 4) is 22.3 Å². The van der Waals surface area contributed by atoms with Crippen LogP contribution in [0.15, 0.2) is 187 Å². The summed E-state index contributed by atoms with van der Waals surface area (Å²) in [7, 11) is 0. The van der Waals surface area contributed by atoms with Crippen molar-refractivity contribution in [2.24, 2.45) is 0 Å². The van der Waals surface area contributed by atoms with Gasteiger partial charge >= 0.3 is 0 Å². The number of fused-ring (bicyclic) bond motifs is 7. The van der Waals surface area contributed by atoms with Crippen molar-refractivity contribution in [2.75, 3.05) is 4.90 Å². The van der Waals surface area contributed by atoms with Gasteiger partial charge in [-0.25, -0.2) is 0 Å². The molecule has 56 heavy (non-hydrogen) atoms. The number of allylic oxidation sites excluding steroid dienone is 5. The maximum absolute atomic E-state index is 6.24. The predicted molar refractivity (Wildman–Crippen MR) is 238 cm³/mol. The number of aryl methyl sites for hydroxylation is 1. The molecule has 2 aliphatic carbocycles. The van der Waals surface area contributed by atoms with E-state index >= 15 is 0 Å². The Hall–Kier alpha value is -6.64. The Bertz CT molecular complexity index is 2930. The molecule has 0 aliphatic heterocycles. The van der Waals surface area contributed by atoms with Crippen LogP contribution in [0.2, 0.25) is 0 Å². The van der Waals surface area contributed by atoms with Gasteiger partial charge in [0.2, 0.25) is 0 Å². The summed E-state index contributed by atoms with van der Waals surface area (Å²) in [6.07, 6.45) is 13.5. The van der Waals surface area contributed by atoms with Crippen LogP contribution in [0.1, 0.15) is 49.1 Å². The Morgan fingerprint density at radius 1 is 0.679 bits per heavy atom. The van der Waals surface area contributed by atoms with E-state index in [1.807, 2.05) is 6.08 Å². The Balaban J connectivity index is 1.12. The summed E-state index contributed by atoms with van der Waals surface area (Å²) in [5.74, 6) is 1.01. The molecule has 0 N–H and O–H groups in total. The van der Waals surface area contributed by atoms with Crippen molar-refractivity contribution < 1.29 is 4.42 Å². The van der Waals surface area contributed by atoms with Gasteiger partial charge in [0, 0.05) is 28.0 Å². The quantitative estimate of drug-likeness (QED) is 0.152. The molecular formula is C54H43NO. The van der Waals surface area contributed by atoms with Crippen molar-refractivity contribution in [2.45, 2.75) is 38.5 Å². The molecule has 0 spiro atoms. The molecule has 0 bridgehead atoms. The third-order valence-corrected chi connectivity index (χ3v) is 11.8. The van der Waals surface area contributed by atoms with Crippen LogP contribution >= 0.6 is 0 Å². The largest absolute Gasteiger partial charge is 0.456 e. The molecule has 0 radical (unpaired) electrons. The van der Waals surface area contributed by atoms with E-state index in [0.29, 0.717) is 0 Å². The molecule has 10 rings (SSSR count). The van der Waals surface area contributed by atoms with Gasteiger partial charge in [0.15, 0.2) is 0 Å². The van der Waals surface area contributed by atoms with Crippen LogP contribution in [0.25, 0.3) is 66.4 Å². The zero-order valence-corrected chi connectivity index (χ0v) is 31.9. The summed E-state index contributed by atoms with van der Waals surface area (Å²) in [4.78, 5) is 2.44. The van der Waals surface area contributed by atoms with Crippen molar-refractivity contribution >= 4 is 55.5 Å². The van der Waals surface area contributed by atoms with Gasteiger partial charge in [-0.15, -0.1) is 0 Å². The second-order valence-electron chi connectivity index (χ2n) is 15.8. The van der Waals surface area contributed by atoms with E-state index in [0.717, 1.165) is 47.7 Å². The molecule has 0 amide bonds. The molecule has 270 valence electrons. The van der Waals surface area contributed by atoms with Crippen molar-refractivity contribution in [1.29, 1.82) is 0 Å². The van der Waals surface area contributed by atoms with Gasteiger partial charge in [-0.05, 0) is 134 Å². The van der Waals surface area contributed by atoms with Crippen LogP contribution in [0, 0.1) is 0 Å². The molecule has 1 aromatic heterocycles. The fourth-order valence-electron chi connectivity index (χ4n) is 9.18. The molecule has 2 nitrogen and oxygen atoms in total. The molecule has 7 aromatic carbocycles. The Kier molecular flexibility index (Phi) is 8.22. The average Bonchev–Trinajstić information content (AvgIpc) is 3.76. The van der Waals surface area contributed by atoms with Gasteiger partial charge in [-0.1, -0.05) is 148 Å². The highest BCUT2D eigenvalue weighted by Crippen LogP contribution is 2.49. The fourth-order valence-corrected chi connectivity index (χ4v) is 9.18. The monoisotopic (exact) mass is 721 g/mol. The minimum Gasteiger partial charge on any atom is -0.456 e. The van der Waals surface area contributed by atoms with Crippen LogP contribution in [0.4, 0.5) is 11.4 Å². The van der Waals surface area contributed by atoms with Crippen molar-refractivity contribution in [3.63, 3.8) is 0 Å². The van der Waals surface area contributed by atoms with Gasteiger partial charge in [0.25, 0.3) is 0 Å². The smallest absolute Gasteiger partial charge is 0.135 e. The van der Waals surface area contributed by atoms with E-state index in [1.54, 1.807) is 0 Å². The molecule has 0 saturated heterocycles. The van der Waals surface area contributed by atoms with E-state index in [2.05, 4.69) is 195 Å². The minimum absolute atomic E-state index is 0.00758. The van der Waals surface area contributed by atoms with Gasteiger partial charge in [0.05, 0.1) is 0 Å². The predicted octanol–water partition coefficient (Wildman–Crippen LogP) is 15.0. The summed E-state index contributed by atoms with van der Waals surface area (Å²) in [5, 5.41) is 6.23. The summed E-state index contributed by atoms with van der Waals surface area (Å²) in [6.45, 7) is 8.81. The number of anilines is 2. The number of hydrogen-bond acceptors (Lipinski definition) is 2. The first-order valence-corrected chi connectivity index (χ1v) is 19.7. The number of nitrogens with zero attached hydrogens (tertiary/aromatic N) is 1. The molecule has 0 unspecified atom stereocenters. The second-order valence-corrected chi connectivity index (χ2v) is 15.8. The Morgan fingerprint density at radius 3 is 2.36 bits per heavy atom. The highest BCUT2D eigenvalue weighted by atomic mass is 16.3. The fraction of sp³-hybridized carbons (Fsp3) is 0.111. The second kappa shape index (κ2) is 13.6. The molecule has 0 fully saturated rings. The van der Waals surface area contributed by atoms with Crippen LogP contribution in [0.5, 0.6) is 0 Å². The highest BCUT2D eigenvalue weighted by molar-refractivity contribution is 6.09. The summed E-state index contributed by atoms with van der Waals surface area (Å²) >= 11 is 0. The normalized spacial score (nSPS) is 15.4. The SMILES string of the molecule is C=C/C=C\C(=C1/CC(C)(C)c2ccccc21)N(c1ccc(-c2ccc3c(ccc4oc5c(c43)CCC=C5)c2)cc1)c1cccc(-c2cccc3ccccc23)c1. The van der Waals surface area contributed by atoms with E-state index in [9.17, 15) is 0 Å². The van der Waals surface area contributed by atoms with E-state index < -0.39 is 0 Å². The first-order valence-electron chi connectivity index (χ1n) is 19.7. The number of benzene rings is 7. The average molecular weight is 722 g/mol. The van der Waals surface area contributed by atoms with E-state index in [-0.39, 0.29) is 5.41 Å². The highest BCUT2D eigenvalue weighted by Gasteiger charge is 2.35. The zero-order chi connectivity index (χ0) is 37.8. The third-order valence-electron chi connectivity index (χ3n) is 11.8. The topological polar surface area (TPSA) is 16.4 Å². The molecule has 0 atom stereocenters. The Labute approximate surface area is 329 Å². The molecular weight excluding hydrogens is 679 g/mol. The number of rotatable bonds is 7. The van der Waals surface area contributed by atoms with Crippen LogP contribution < -0.4 is 4.90 Å². The first-order chi connectivity index (χ1) is 27.5. The molecule has 2 aliphatic rings. The first kappa shape index (κ1) is 33.9. The summed E-state index contributed by atoms with van der Waals surface area (Å²) < 4.78 is 6.24. The molecule has 0 saturated carbocycles. The standard InChI is InChI=1S/C54H43NO/c1-4-5-23-50(48-35-54(2,3)49-22-10-8-19-46(48)49)55(42-17-12-16-39(34-42)44-21-13-15-37-14-6-7-18-43(37)44)41-29-25-36(26-30-41)38-27-31-45-40(33-38)28-32-52-53(45)47-20-9-11-24-51(47)56-52/h4-8,10-19,21-34H,1,9,20,35H2,2-3H3/b23-5-,50-48-. The van der Waals surface area contributed by atoms with Gasteiger partial charge in [-0.3, -0.25) is 0 Å². The van der Waals surface area contributed by atoms with Crippen LogP contribution in [-0.4, -0.2) is 0 Å². The minimum atomic E-state index is 0.00758. The van der Waals surface area contributed by atoms with E-state index in [4.69, 9.17) is 4.42 Å². The molecule has 2 heteroatoms. The van der Waals surface area contributed by atoms with E-state index in [1.165, 1.54) is 71.4 Å². The van der Waals surface area contributed by atoms with Crippen LogP contribution in [-0.2, 0) is 11.8 Å². The lowest BCUT2D eigenvalue weighted by molar-refractivity contribution is 0.562. The van der Waals surface area contributed by atoms with Crippen LogP contribution in [0.3, 0.4) is 0 Å². The maximum atomic E-state index is 6.24. The Morgan fingerprint density at radius 2 is 1.46 bits per heavy atom. The number of furan rings is 1.